The van der Waals surface area contributed by atoms with Crippen LogP contribution in [0.25, 0.3) is 0 Å². The van der Waals surface area contributed by atoms with Gasteiger partial charge in [0.05, 0.1) is 5.75 Å². The molecular formula is C16H24N2O2S. The molecule has 0 amide bonds. The number of benzene rings is 1. The van der Waals surface area contributed by atoms with Crippen molar-refractivity contribution in [1.29, 1.82) is 0 Å². The van der Waals surface area contributed by atoms with Crippen LogP contribution >= 0.6 is 0 Å². The molecule has 0 radical (unpaired) electrons. The average molecular weight is 308 g/mol. The molecule has 0 spiro atoms. The molecule has 1 saturated heterocycles. The molecule has 1 aliphatic heterocycles. The number of nitrogens with zero attached hydrogens (tertiary/aromatic N) is 1. The predicted molar refractivity (Wildman–Crippen MR) is 84.6 cm³/mol. The van der Waals surface area contributed by atoms with Gasteiger partial charge in [0, 0.05) is 12.1 Å². The van der Waals surface area contributed by atoms with Crippen molar-refractivity contribution in [2.45, 2.75) is 50.4 Å². The van der Waals surface area contributed by atoms with E-state index in [0.29, 0.717) is 0 Å². The Morgan fingerprint density at radius 1 is 1.19 bits per heavy atom. The highest BCUT2D eigenvalue weighted by molar-refractivity contribution is 7.88. The fourth-order valence-corrected chi connectivity index (χ4v) is 4.58. The summed E-state index contributed by atoms with van der Waals surface area (Å²) in [6.07, 6.45) is 4.51. The molecule has 1 saturated carbocycles. The van der Waals surface area contributed by atoms with E-state index in [0.717, 1.165) is 43.1 Å². The van der Waals surface area contributed by atoms with E-state index in [1.54, 1.807) is 0 Å². The maximum absolute atomic E-state index is 12.3. The summed E-state index contributed by atoms with van der Waals surface area (Å²) >= 11 is 0. The lowest BCUT2D eigenvalue weighted by molar-refractivity contribution is 0.199. The number of hydrogen-bond acceptors (Lipinski definition) is 3. The van der Waals surface area contributed by atoms with Crippen molar-refractivity contribution in [1.82, 2.24) is 9.62 Å². The van der Waals surface area contributed by atoms with Crippen molar-refractivity contribution in [3.05, 3.63) is 35.4 Å². The van der Waals surface area contributed by atoms with Gasteiger partial charge in [-0.25, -0.2) is 13.1 Å². The Bertz CT molecular complexity index is 588. The van der Waals surface area contributed by atoms with Crippen LogP contribution in [0.5, 0.6) is 0 Å². The number of aryl methyl sites for hydroxylation is 1. The van der Waals surface area contributed by atoms with E-state index in [-0.39, 0.29) is 11.8 Å². The second-order valence-corrected chi connectivity index (χ2v) is 8.16. The zero-order chi connectivity index (χ0) is 14.9. The molecular weight excluding hydrogens is 284 g/mol. The lowest BCUT2D eigenvalue weighted by Crippen LogP contribution is -2.45. The second-order valence-electron chi connectivity index (χ2n) is 6.41. The van der Waals surface area contributed by atoms with E-state index in [2.05, 4.69) is 9.62 Å². The molecule has 0 unspecified atom stereocenters. The number of sulfonamides is 1. The number of rotatable bonds is 5. The van der Waals surface area contributed by atoms with Crippen molar-refractivity contribution < 1.29 is 8.42 Å². The molecule has 0 bridgehead atoms. The Morgan fingerprint density at radius 2 is 1.90 bits per heavy atom. The molecule has 1 aromatic rings. The number of likely N-dealkylation sites (tertiary alicyclic amines) is 1. The van der Waals surface area contributed by atoms with Gasteiger partial charge in [0.2, 0.25) is 10.0 Å². The Labute approximate surface area is 127 Å². The highest BCUT2D eigenvalue weighted by Gasteiger charge is 2.32. The topological polar surface area (TPSA) is 49.4 Å². The number of hydrogen-bond donors (Lipinski definition) is 1. The zero-order valence-corrected chi connectivity index (χ0v) is 13.4. The molecule has 116 valence electrons. The summed E-state index contributed by atoms with van der Waals surface area (Å²) in [5.41, 5.74) is 1.96. The van der Waals surface area contributed by atoms with Crippen LogP contribution in [0.4, 0.5) is 0 Å². The third kappa shape index (κ3) is 4.28. The fraction of sp³-hybridized carbons (Fsp3) is 0.625. The van der Waals surface area contributed by atoms with Gasteiger partial charge in [-0.2, -0.15) is 0 Å². The summed E-state index contributed by atoms with van der Waals surface area (Å²) in [4.78, 5) is 2.51. The first-order valence-corrected chi connectivity index (χ1v) is 9.47. The Morgan fingerprint density at radius 3 is 2.52 bits per heavy atom. The maximum Gasteiger partial charge on any atom is 0.216 e. The predicted octanol–water partition coefficient (Wildman–Crippen LogP) is 2.04. The Hall–Kier alpha value is -0.910. The minimum atomic E-state index is -3.24. The van der Waals surface area contributed by atoms with Crippen molar-refractivity contribution in [3.8, 4) is 0 Å². The van der Waals surface area contributed by atoms with E-state index in [9.17, 15) is 8.42 Å². The third-order valence-corrected chi connectivity index (χ3v) is 5.78. The molecule has 1 N–H and O–H groups in total. The summed E-state index contributed by atoms with van der Waals surface area (Å²) < 4.78 is 27.5. The van der Waals surface area contributed by atoms with Gasteiger partial charge in [0.1, 0.15) is 0 Å². The highest BCUT2D eigenvalue weighted by atomic mass is 32.2. The standard InChI is InChI=1S/C16H24N2O2S/c1-13-3-2-4-14(11-13)12-21(19,20)17-15-7-9-18(10-8-15)16-5-6-16/h2-4,11,15-17H,5-10,12H2,1H3. The molecule has 1 heterocycles. The zero-order valence-electron chi connectivity index (χ0n) is 12.6. The van der Waals surface area contributed by atoms with E-state index in [4.69, 9.17) is 0 Å². The smallest absolute Gasteiger partial charge is 0.216 e. The summed E-state index contributed by atoms with van der Waals surface area (Å²) in [7, 11) is -3.24. The molecule has 1 aromatic carbocycles. The van der Waals surface area contributed by atoms with Gasteiger partial charge in [0.25, 0.3) is 0 Å². The monoisotopic (exact) mass is 308 g/mol. The molecule has 4 nitrogen and oxygen atoms in total. The molecule has 1 aliphatic carbocycles. The summed E-state index contributed by atoms with van der Waals surface area (Å²) in [6.45, 7) is 4.04. The molecule has 2 aliphatic rings. The second kappa shape index (κ2) is 6.07. The molecule has 21 heavy (non-hydrogen) atoms. The molecule has 0 atom stereocenters. The van der Waals surface area contributed by atoms with Crippen molar-refractivity contribution in [3.63, 3.8) is 0 Å². The first kappa shape index (κ1) is 15.0. The van der Waals surface area contributed by atoms with Crippen LogP contribution < -0.4 is 4.72 Å². The Balaban J connectivity index is 1.53. The van der Waals surface area contributed by atoms with Gasteiger partial charge in [-0.15, -0.1) is 0 Å². The Kier molecular flexibility index (Phi) is 4.33. The fourth-order valence-electron chi connectivity index (χ4n) is 3.14. The van der Waals surface area contributed by atoms with Crippen molar-refractivity contribution >= 4 is 10.0 Å². The van der Waals surface area contributed by atoms with E-state index < -0.39 is 10.0 Å². The van der Waals surface area contributed by atoms with Crippen LogP contribution in [-0.2, 0) is 15.8 Å². The molecule has 2 fully saturated rings. The average Bonchev–Trinajstić information content (AvgIpc) is 3.23. The molecule has 0 aromatic heterocycles. The normalized spacial score (nSPS) is 21.6. The van der Waals surface area contributed by atoms with Gasteiger partial charge in [-0.3, -0.25) is 0 Å². The minimum absolute atomic E-state index is 0.0809. The summed E-state index contributed by atoms with van der Waals surface area (Å²) in [5, 5.41) is 0. The lowest BCUT2D eigenvalue weighted by Gasteiger charge is -2.32. The van der Waals surface area contributed by atoms with Crippen LogP contribution in [0, 0.1) is 6.92 Å². The van der Waals surface area contributed by atoms with Crippen molar-refractivity contribution in [2.75, 3.05) is 13.1 Å². The number of nitrogens with one attached hydrogen (secondary N) is 1. The van der Waals surface area contributed by atoms with Crippen LogP contribution in [0.1, 0.15) is 36.8 Å². The van der Waals surface area contributed by atoms with Gasteiger partial charge in [0.15, 0.2) is 0 Å². The molecule has 3 rings (SSSR count). The first-order valence-electron chi connectivity index (χ1n) is 7.81. The minimum Gasteiger partial charge on any atom is -0.300 e. The van der Waals surface area contributed by atoms with E-state index in [1.165, 1.54) is 12.8 Å². The summed E-state index contributed by atoms with van der Waals surface area (Å²) in [6, 6.07) is 8.60. The highest BCUT2D eigenvalue weighted by Crippen LogP contribution is 2.29. The van der Waals surface area contributed by atoms with Crippen LogP contribution in [0.2, 0.25) is 0 Å². The number of piperidine rings is 1. The molecule has 5 heteroatoms. The van der Waals surface area contributed by atoms with Crippen molar-refractivity contribution in [2.24, 2.45) is 0 Å². The van der Waals surface area contributed by atoms with Crippen LogP contribution in [0.15, 0.2) is 24.3 Å². The van der Waals surface area contributed by atoms with Gasteiger partial charge < -0.3 is 4.90 Å². The van der Waals surface area contributed by atoms with Gasteiger partial charge in [-0.1, -0.05) is 29.8 Å². The maximum atomic E-state index is 12.3. The van der Waals surface area contributed by atoms with Gasteiger partial charge >= 0.3 is 0 Å². The van der Waals surface area contributed by atoms with E-state index >= 15 is 0 Å². The summed E-state index contributed by atoms with van der Waals surface area (Å²) in [5.74, 6) is 0.0809. The third-order valence-electron chi connectivity index (χ3n) is 4.38. The first-order chi connectivity index (χ1) is 10.0. The SMILES string of the molecule is Cc1cccc(CS(=O)(=O)NC2CCN(C3CC3)CC2)c1. The van der Waals surface area contributed by atoms with E-state index in [1.807, 2.05) is 31.2 Å². The lowest BCUT2D eigenvalue weighted by atomic mass is 10.1. The van der Waals surface area contributed by atoms with Crippen LogP contribution in [-0.4, -0.2) is 38.5 Å². The van der Waals surface area contributed by atoms with Crippen LogP contribution in [0.3, 0.4) is 0 Å². The quantitative estimate of drug-likeness (QED) is 0.905. The van der Waals surface area contributed by atoms with Gasteiger partial charge in [-0.05, 0) is 51.3 Å². The largest absolute Gasteiger partial charge is 0.300 e.